The van der Waals surface area contributed by atoms with Crippen molar-refractivity contribution in [3.05, 3.63) is 40.8 Å². The lowest BCUT2D eigenvalue weighted by Gasteiger charge is -2.16. The molecular formula is C14H12ClNO3. The van der Waals surface area contributed by atoms with Gasteiger partial charge in [0.1, 0.15) is 5.58 Å². The Kier molecular flexibility index (Phi) is 3.03. The van der Waals surface area contributed by atoms with Crippen LogP contribution in [0.1, 0.15) is 6.42 Å². The number of carbonyl (C=O) groups is 1. The molecule has 98 valence electrons. The quantitative estimate of drug-likeness (QED) is 0.625. The average molecular weight is 278 g/mol. The smallest absolute Gasteiger partial charge is 0.336 e. The van der Waals surface area contributed by atoms with Gasteiger partial charge in [0.15, 0.2) is 0 Å². The number of benzene rings is 1. The number of hydrogen-bond acceptors (Lipinski definition) is 3. The first-order valence-corrected chi connectivity index (χ1v) is 6.61. The molecule has 1 saturated heterocycles. The molecule has 1 aromatic heterocycles. The van der Waals surface area contributed by atoms with Gasteiger partial charge in [0, 0.05) is 36.0 Å². The van der Waals surface area contributed by atoms with Gasteiger partial charge < -0.3 is 9.32 Å². The van der Waals surface area contributed by atoms with Gasteiger partial charge in [-0.15, -0.1) is 11.6 Å². The number of rotatable bonds is 2. The van der Waals surface area contributed by atoms with Crippen molar-refractivity contribution in [2.75, 3.05) is 17.3 Å². The highest BCUT2D eigenvalue weighted by Gasteiger charge is 2.29. The minimum atomic E-state index is -0.375. The highest BCUT2D eigenvalue weighted by molar-refractivity contribution is 6.18. The molecule has 5 heteroatoms. The van der Waals surface area contributed by atoms with E-state index in [1.165, 1.54) is 6.07 Å². The van der Waals surface area contributed by atoms with E-state index in [2.05, 4.69) is 0 Å². The zero-order valence-electron chi connectivity index (χ0n) is 10.1. The summed E-state index contributed by atoms with van der Waals surface area (Å²) >= 11 is 5.81. The number of hydrogen-bond donors (Lipinski definition) is 0. The predicted molar refractivity (Wildman–Crippen MR) is 73.7 cm³/mol. The molecule has 19 heavy (non-hydrogen) atoms. The molecule has 0 aliphatic carbocycles. The van der Waals surface area contributed by atoms with Gasteiger partial charge in [-0.3, -0.25) is 4.79 Å². The molecular weight excluding hydrogens is 266 g/mol. The van der Waals surface area contributed by atoms with Crippen molar-refractivity contribution in [3.63, 3.8) is 0 Å². The zero-order chi connectivity index (χ0) is 13.4. The third-order valence-electron chi connectivity index (χ3n) is 3.34. The molecule has 1 amide bonds. The van der Waals surface area contributed by atoms with Crippen LogP contribution in [0.5, 0.6) is 0 Å². The largest absolute Gasteiger partial charge is 0.423 e. The SMILES string of the molecule is O=C1CC(CCl)CN1c1ccc2oc(=O)ccc2c1. The van der Waals surface area contributed by atoms with E-state index >= 15 is 0 Å². The average Bonchev–Trinajstić information content (AvgIpc) is 2.79. The Morgan fingerprint density at radius 1 is 1.26 bits per heavy atom. The third-order valence-corrected chi connectivity index (χ3v) is 3.77. The van der Waals surface area contributed by atoms with Crippen molar-refractivity contribution in [3.8, 4) is 0 Å². The van der Waals surface area contributed by atoms with Crippen LogP contribution in [-0.4, -0.2) is 18.3 Å². The van der Waals surface area contributed by atoms with Gasteiger partial charge in [-0.25, -0.2) is 4.79 Å². The van der Waals surface area contributed by atoms with Crippen molar-refractivity contribution in [1.29, 1.82) is 0 Å². The summed E-state index contributed by atoms with van der Waals surface area (Å²) in [5.41, 5.74) is 0.968. The van der Waals surface area contributed by atoms with Crippen LogP contribution in [0.15, 0.2) is 39.5 Å². The van der Waals surface area contributed by atoms with E-state index in [9.17, 15) is 9.59 Å². The summed E-state index contributed by atoms with van der Waals surface area (Å²) in [6, 6.07) is 8.43. The van der Waals surface area contributed by atoms with Crippen LogP contribution in [0.3, 0.4) is 0 Å². The van der Waals surface area contributed by atoms with Gasteiger partial charge in [-0.05, 0) is 30.2 Å². The first-order valence-electron chi connectivity index (χ1n) is 6.07. The van der Waals surface area contributed by atoms with Crippen molar-refractivity contribution in [2.45, 2.75) is 6.42 Å². The molecule has 0 bridgehead atoms. The minimum Gasteiger partial charge on any atom is -0.423 e. The van der Waals surface area contributed by atoms with Gasteiger partial charge in [0.2, 0.25) is 5.91 Å². The second-order valence-electron chi connectivity index (χ2n) is 4.71. The van der Waals surface area contributed by atoms with Gasteiger partial charge in [-0.2, -0.15) is 0 Å². The summed E-state index contributed by atoms with van der Waals surface area (Å²) in [6.07, 6.45) is 0.491. The maximum Gasteiger partial charge on any atom is 0.336 e. The van der Waals surface area contributed by atoms with Crippen LogP contribution in [0.2, 0.25) is 0 Å². The lowest BCUT2D eigenvalue weighted by molar-refractivity contribution is -0.117. The maximum absolute atomic E-state index is 11.9. The summed E-state index contributed by atoms with van der Waals surface area (Å²) < 4.78 is 5.07. The van der Waals surface area contributed by atoms with E-state index in [0.717, 1.165) is 11.1 Å². The van der Waals surface area contributed by atoms with E-state index in [1.807, 2.05) is 6.07 Å². The second kappa shape index (κ2) is 4.70. The fourth-order valence-electron chi connectivity index (χ4n) is 2.36. The summed E-state index contributed by atoms with van der Waals surface area (Å²) in [6.45, 7) is 0.643. The summed E-state index contributed by atoms with van der Waals surface area (Å²) in [5, 5.41) is 0.805. The van der Waals surface area contributed by atoms with Crippen molar-refractivity contribution in [1.82, 2.24) is 0 Å². The molecule has 1 fully saturated rings. The van der Waals surface area contributed by atoms with E-state index in [4.69, 9.17) is 16.0 Å². The van der Waals surface area contributed by atoms with E-state index in [0.29, 0.717) is 24.4 Å². The lowest BCUT2D eigenvalue weighted by Crippen LogP contribution is -2.24. The second-order valence-corrected chi connectivity index (χ2v) is 5.01. The molecule has 0 spiro atoms. The van der Waals surface area contributed by atoms with Crippen LogP contribution in [0.4, 0.5) is 5.69 Å². The Hall–Kier alpha value is -1.81. The molecule has 2 heterocycles. The Bertz CT molecular complexity index is 694. The normalized spacial score (nSPS) is 19.3. The molecule has 1 atom stereocenters. The Morgan fingerprint density at radius 2 is 2.11 bits per heavy atom. The van der Waals surface area contributed by atoms with Gasteiger partial charge in [0.05, 0.1) is 0 Å². The molecule has 4 nitrogen and oxygen atoms in total. The van der Waals surface area contributed by atoms with Crippen LogP contribution in [0.25, 0.3) is 11.0 Å². The van der Waals surface area contributed by atoms with Crippen LogP contribution in [-0.2, 0) is 4.79 Å². The van der Waals surface area contributed by atoms with Gasteiger partial charge in [-0.1, -0.05) is 0 Å². The molecule has 1 unspecified atom stereocenters. The summed E-state index contributed by atoms with van der Waals surface area (Å²) in [5.74, 6) is 0.783. The molecule has 3 rings (SSSR count). The van der Waals surface area contributed by atoms with Gasteiger partial charge >= 0.3 is 5.63 Å². The monoisotopic (exact) mass is 277 g/mol. The molecule has 1 aliphatic rings. The lowest BCUT2D eigenvalue weighted by atomic mass is 10.1. The molecule has 1 aromatic carbocycles. The standard InChI is InChI=1S/C14H12ClNO3/c15-7-9-5-13(17)16(8-9)11-2-3-12-10(6-11)1-4-14(18)19-12/h1-4,6,9H,5,7-8H2. The van der Waals surface area contributed by atoms with E-state index in [1.54, 1.807) is 23.1 Å². The predicted octanol–water partition coefficient (Wildman–Crippen LogP) is 2.38. The molecule has 0 saturated carbocycles. The summed E-state index contributed by atoms with van der Waals surface area (Å²) in [4.78, 5) is 24.8. The van der Waals surface area contributed by atoms with Crippen molar-refractivity contribution >= 4 is 34.2 Å². The Balaban J connectivity index is 2.00. The van der Waals surface area contributed by atoms with E-state index in [-0.39, 0.29) is 17.5 Å². The number of nitrogens with zero attached hydrogens (tertiary/aromatic N) is 1. The number of anilines is 1. The molecule has 0 N–H and O–H groups in total. The highest BCUT2D eigenvalue weighted by Crippen LogP contribution is 2.28. The molecule has 2 aromatic rings. The van der Waals surface area contributed by atoms with Crippen molar-refractivity contribution in [2.24, 2.45) is 5.92 Å². The summed E-state index contributed by atoms with van der Waals surface area (Å²) in [7, 11) is 0. The fourth-order valence-corrected chi connectivity index (χ4v) is 2.57. The van der Waals surface area contributed by atoms with Crippen LogP contribution < -0.4 is 10.5 Å². The number of alkyl halides is 1. The number of carbonyl (C=O) groups excluding carboxylic acids is 1. The maximum atomic E-state index is 11.9. The number of halogens is 1. The molecule has 0 radical (unpaired) electrons. The van der Waals surface area contributed by atoms with Gasteiger partial charge in [0.25, 0.3) is 0 Å². The highest BCUT2D eigenvalue weighted by atomic mass is 35.5. The zero-order valence-corrected chi connectivity index (χ0v) is 10.9. The Morgan fingerprint density at radius 3 is 2.84 bits per heavy atom. The minimum absolute atomic E-state index is 0.0855. The molecule has 1 aliphatic heterocycles. The number of amides is 1. The fraction of sp³-hybridized carbons (Fsp3) is 0.286. The van der Waals surface area contributed by atoms with E-state index < -0.39 is 0 Å². The first-order chi connectivity index (χ1) is 9.17. The van der Waals surface area contributed by atoms with Crippen LogP contribution in [0, 0.1) is 5.92 Å². The third kappa shape index (κ3) is 2.24. The topological polar surface area (TPSA) is 50.5 Å². The van der Waals surface area contributed by atoms with Crippen LogP contribution >= 0.6 is 11.6 Å². The Labute approximate surface area is 114 Å². The first kappa shape index (κ1) is 12.2. The number of fused-ring (bicyclic) bond motifs is 1. The van der Waals surface area contributed by atoms with Crippen molar-refractivity contribution < 1.29 is 9.21 Å².